The molecule has 3 nitrogen and oxygen atoms in total. The second-order valence-electron chi connectivity index (χ2n) is 4.30. The molecule has 0 amide bonds. The van der Waals surface area contributed by atoms with Crippen molar-refractivity contribution in [1.82, 2.24) is 5.32 Å². The molecule has 0 saturated carbocycles. The topological polar surface area (TPSA) is 30.5 Å². The molecule has 0 aliphatic rings. The van der Waals surface area contributed by atoms with Crippen LogP contribution in [0.5, 0.6) is 5.75 Å². The summed E-state index contributed by atoms with van der Waals surface area (Å²) >= 11 is 0. The summed E-state index contributed by atoms with van der Waals surface area (Å²) in [7, 11) is 1.55. The number of methoxy groups -OCH3 is 1. The van der Waals surface area contributed by atoms with Gasteiger partial charge in [0.2, 0.25) is 0 Å². The van der Waals surface area contributed by atoms with Crippen molar-refractivity contribution in [2.75, 3.05) is 20.3 Å². The molecule has 2 atom stereocenters. The van der Waals surface area contributed by atoms with Crippen LogP contribution in [-0.2, 0) is 4.74 Å². The smallest absolute Gasteiger partial charge is 0.131 e. The Bertz CT molecular complexity index is 371. The summed E-state index contributed by atoms with van der Waals surface area (Å²) in [6, 6.07) is 4.89. The van der Waals surface area contributed by atoms with Crippen LogP contribution >= 0.6 is 0 Å². The number of hydrogen-bond acceptors (Lipinski definition) is 3. The normalized spacial score (nSPS) is 14.3. The van der Waals surface area contributed by atoms with Gasteiger partial charge in [0.25, 0.3) is 0 Å². The van der Waals surface area contributed by atoms with Crippen LogP contribution in [0.15, 0.2) is 18.2 Å². The highest BCUT2D eigenvalue weighted by molar-refractivity contribution is 5.36. The van der Waals surface area contributed by atoms with Gasteiger partial charge in [-0.25, -0.2) is 4.39 Å². The van der Waals surface area contributed by atoms with E-state index in [2.05, 4.69) is 5.32 Å². The first kappa shape index (κ1) is 14.9. The van der Waals surface area contributed by atoms with Crippen LogP contribution in [0.25, 0.3) is 0 Å². The molecular formula is C14H22FNO2. The van der Waals surface area contributed by atoms with Gasteiger partial charge in [0.1, 0.15) is 11.6 Å². The minimum absolute atomic E-state index is 0.128. The number of hydrogen-bond donors (Lipinski definition) is 1. The van der Waals surface area contributed by atoms with Crippen molar-refractivity contribution in [3.8, 4) is 5.75 Å². The quantitative estimate of drug-likeness (QED) is 0.812. The number of rotatable bonds is 7. The van der Waals surface area contributed by atoms with Crippen molar-refractivity contribution in [2.24, 2.45) is 0 Å². The molecule has 2 unspecified atom stereocenters. The molecule has 1 N–H and O–H groups in total. The fraction of sp³-hybridized carbons (Fsp3) is 0.571. The molecule has 1 aromatic rings. The molecule has 0 fully saturated rings. The molecule has 0 aliphatic heterocycles. The highest BCUT2D eigenvalue weighted by Gasteiger charge is 2.17. The van der Waals surface area contributed by atoms with Gasteiger partial charge in [-0.15, -0.1) is 0 Å². The molecule has 4 heteroatoms. The standard InChI is InChI=1S/C14H22FNO2/c1-5-18-9-10(2)16-11(3)14-12(15)7-6-8-13(14)17-4/h6-8,10-11,16H,5,9H2,1-4H3. The van der Waals surface area contributed by atoms with Crippen LogP contribution in [0.2, 0.25) is 0 Å². The summed E-state index contributed by atoms with van der Waals surface area (Å²) in [5.74, 6) is 0.316. The summed E-state index contributed by atoms with van der Waals surface area (Å²) in [5.41, 5.74) is 0.559. The molecule has 0 bridgehead atoms. The summed E-state index contributed by atoms with van der Waals surface area (Å²) in [6.07, 6.45) is 0. The number of nitrogens with one attached hydrogen (secondary N) is 1. The Morgan fingerprint density at radius 1 is 1.33 bits per heavy atom. The predicted octanol–water partition coefficient (Wildman–Crippen LogP) is 2.91. The minimum atomic E-state index is -0.252. The van der Waals surface area contributed by atoms with Crippen LogP contribution in [0.1, 0.15) is 32.4 Å². The van der Waals surface area contributed by atoms with Crippen LogP contribution < -0.4 is 10.1 Å². The van der Waals surface area contributed by atoms with E-state index in [0.717, 1.165) is 0 Å². The molecular weight excluding hydrogens is 233 g/mol. The second-order valence-corrected chi connectivity index (χ2v) is 4.30. The van der Waals surface area contributed by atoms with Gasteiger partial charge in [-0.05, 0) is 32.9 Å². The Labute approximate surface area is 108 Å². The fourth-order valence-electron chi connectivity index (χ4n) is 1.97. The predicted molar refractivity (Wildman–Crippen MR) is 70.5 cm³/mol. The molecule has 0 saturated heterocycles. The van der Waals surface area contributed by atoms with Gasteiger partial charge >= 0.3 is 0 Å². The van der Waals surface area contributed by atoms with Crippen molar-refractivity contribution in [1.29, 1.82) is 0 Å². The molecule has 1 aromatic carbocycles. The maximum atomic E-state index is 13.8. The summed E-state index contributed by atoms with van der Waals surface area (Å²) in [6.45, 7) is 7.18. The van der Waals surface area contributed by atoms with E-state index in [1.807, 2.05) is 20.8 Å². The SMILES string of the molecule is CCOCC(C)NC(C)c1c(F)cccc1OC. The Kier molecular flexibility index (Phi) is 6.09. The average Bonchev–Trinajstić information content (AvgIpc) is 2.35. The molecule has 0 aliphatic carbocycles. The Hall–Kier alpha value is -1.13. The molecule has 18 heavy (non-hydrogen) atoms. The van der Waals surface area contributed by atoms with Gasteiger partial charge in [-0.2, -0.15) is 0 Å². The average molecular weight is 255 g/mol. The van der Waals surface area contributed by atoms with E-state index in [1.54, 1.807) is 19.2 Å². The maximum absolute atomic E-state index is 13.8. The zero-order valence-electron chi connectivity index (χ0n) is 11.5. The zero-order chi connectivity index (χ0) is 13.5. The van der Waals surface area contributed by atoms with Gasteiger partial charge in [-0.3, -0.25) is 0 Å². The van der Waals surface area contributed by atoms with E-state index >= 15 is 0 Å². The summed E-state index contributed by atoms with van der Waals surface area (Å²) in [4.78, 5) is 0. The van der Waals surface area contributed by atoms with Gasteiger partial charge in [0.05, 0.1) is 13.7 Å². The molecule has 1 rings (SSSR count). The third-order valence-electron chi connectivity index (χ3n) is 2.77. The monoisotopic (exact) mass is 255 g/mol. The Morgan fingerprint density at radius 3 is 2.67 bits per heavy atom. The van der Waals surface area contributed by atoms with Crippen LogP contribution in [0.3, 0.4) is 0 Å². The van der Waals surface area contributed by atoms with Gasteiger partial charge < -0.3 is 14.8 Å². The molecule has 102 valence electrons. The van der Waals surface area contributed by atoms with E-state index in [4.69, 9.17) is 9.47 Å². The third kappa shape index (κ3) is 3.96. The first-order valence-electron chi connectivity index (χ1n) is 6.26. The highest BCUT2D eigenvalue weighted by atomic mass is 19.1. The lowest BCUT2D eigenvalue weighted by Gasteiger charge is -2.22. The molecule has 0 heterocycles. The minimum Gasteiger partial charge on any atom is -0.496 e. The molecule has 0 aromatic heterocycles. The summed E-state index contributed by atoms with van der Waals surface area (Å²) in [5, 5.41) is 3.30. The van der Waals surface area contributed by atoms with Crippen molar-refractivity contribution in [3.63, 3.8) is 0 Å². The zero-order valence-corrected chi connectivity index (χ0v) is 11.5. The van der Waals surface area contributed by atoms with E-state index in [9.17, 15) is 4.39 Å². The van der Waals surface area contributed by atoms with Gasteiger partial charge in [0.15, 0.2) is 0 Å². The first-order valence-corrected chi connectivity index (χ1v) is 6.26. The van der Waals surface area contributed by atoms with E-state index in [1.165, 1.54) is 6.07 Å². The van der Waals surface area contributed by atoms with Gasteiger partial charge in [0, 0.05) is 24.3 Å². The Morgan fingerprint density at radius 2 is 2.06 bits per heavy atom. The summed E-state index contributed by atoms with van der Waals surface area (Å²) < 4.78 is 24.4. The van der Waals surface area contributed by atoms with E-state index in [0.29, 0.717) is 24.5 Å². The lowest BCUT2D eigenvalue weighted by molar-refractivity contribution is 0.124. The molecule has 0 spiro atoms. The maximum Gasteiger partial charge on any atom is 0.131 e. The fourth-order valence-corrected chi connectivity index (χ4v) is 1.97. The van der Waals surface area contributed by atoms with Crippen LogP contribution in [0, 0.1) is 5.82 Å². The van der Waals surface area contributed by atoms with Crippen LogP contribution in [-0.4, -0.2) is 26.4 Å². The molecule has 0 radical (unpaired) electrons. The highest BCUT2D eigenvalue weighted by Crippen LogP contribution is 2.27. The first-order chi connectivity index (χ1) is 8.60. The van der Waals surface area contributed by atoms with Crippen molar-refractivity contribution in [3.05, 3.63) is 29.6 Å². The third-order valence-corrected chi connectivity index (χ3v) is 2.77. The lowest BCUT2D eigenvalue weighted by Crippen LogP contribution is -2.33. The van der Waals surface area contributed by atoms with E-state index < -0.39 is 0 Å². The van der Waals surface area contributed by atoms with E-state index in [-0.39, 0.29) is 17.9 Å². The van der Waals surface area contributed by atoms with Gasteiger partial charge in [-0.1, -0.05) is 6.07 Å². The number of benzene rings is 1. The van der Waals surface area contributed by atoms with Crippen molar-refractivity contribution < 1.29 is 13.9 Å². The Balaban J connectivity index is 2.74. The lowest BCUT2D eigenvalue weighted by atomic mass is 10.1. The largest absolute Gasteiger partial charge is 0.496 e. The van der Waals surface area contributed by atoms with Crippen LogP contribution in [0.4, 0.5) is 4.39 Å². The van der Waals surface area contributed by atoms with Crippen molar-refractivity contribution >= 4 is 0 Å². The number of halogens is 1. The second kappa shape index (κ2) is 7.34. The van der Waals surface area contributed by atoms with Crippen molar-refractivity contribution in [2.45, 2.75) is 32.9 Å². The number of ether oxygens (including phenoxy) is 2.